The summed E-state index contributed by atoms with van der Waals surface area (Å²) in [7, 11) is 0. The molecule has 5 rings (SSSR count). The number of unbranched alkanes of at least 4 members (excludes halogenated alkanes) is 2. The first-order valence-corrected chi connectivity index (χ1v) is 15.1. The maximum absolute atomic E-state index is 12.8. The molecule has 6 amide bonds. The number of hydrogen-bond acceptors (Lipinski definition) is 7. The van der Waals surface area contributed by atoms with E-state index in [2.05, 4.69) is 20.7 Å². The SMILES string of the molecule is CC1CC(=O)N(CCCNC(=O)CCCCCN2C(=O)C=CC2=O)N=C1c1ccc(NC(=O)N2Cc3ccncc3C2)cc1. The van der Waals surface area contributed by atoms with E-state index in [-0.39, 0.29) is 35.6 Å². The average Bonchev–Trinajstić information content (AvgIpc) is 3.59. The number of hydrazone groups is 1. The summed E-state index contributed by atoms with van der Waals surface area (Å²) in [5, 5.41) is 12.0. The number of pyridine rings is 1. The highest BCUT2D eigenvalue weighted by molar-refractivity contribution is 6.12. The zero-order valence-electron chi connectivity index (χ0n) is 24.8. The Morgan fingerprint density at radius 3 is 2.41 bits per heavy atom. The minimum absolute atomic E-state index is 0.0476. The van der Waals surface area contributed by atoms with Gasteiger partial charge in [-0.15, -0.1) is 0 Å². The number of hydrogen-bond donors (Lipinski definition) is 2. The predicted octanol–water partition coefficient (Wildman–Crippen LogP) is 3.19. The van der Waals surface area contributed by atoms with E-state index >= 15 is 0 Å². The summed E-state index contributed by atoms with van der Waals surface area (Å²) in [5.74, 6) is -0.738. The molecule has 0 spiro atoms. The lowest BCUT2D eigenvalue weighted by Gasteiger charge is -2.28. The molecule has 2 aromatic rings. The lowest BCUT2D eigenvalue weighted by Crippen LogP contribution is -2.38. The lowest BCUT2D eigenvalue weighted by molar-refractivity contribution is -0.137. The van der Waals surface area contributed by atoms with Crippen molar-refractivity contribution in [3.8, 4) is 0 Å². The van der Waals surface area contributed by atoms with Crippen LogP contribution in [-0.2, 0) is 32.3 Å². The molecule has 1 aromatic carbocycles. The minimum atomic E-state index is -0.285. The fourth-order valence-corrected chi connectivity index (χ4v) is 5.48. The van der Waals surface area contributed by atoms with E-state index in [0.717, 1.165) is 28.8 Å². The summed E-state index contributed by atoms with van der Waals surface area (Å²) in [4.78, 5) is 67.8. The third-order valence-electron chi connectivity index (χ3n) is 7.97. The molecule has 2 N–H and O–H groups in total. The Kier molecular flexibility index (Phi) is 9.78. The highest BCUT2D eigenvalue weighted by Gasteiger charge is 2.28. The third kappa shape index (κ3) is 7.55. The third-order valence-corrected chi connectivity index (χ3v) is 7.97. The Balaban J connectivity index is 1.03. The van der Waals surface area contributed by atoms with Gasteiger partial charge in [0.05, 0.1) is 5.71 Å². The molecule has 0 aliphatic carbocycles. The zero-order valence-corrected chi connectivity index (χ0v) is 24.8. The molecule has 0 fully saturated rings. The largest absolute Gasteiger partial charge is 0.356 e. The molecule has 12 heteroatoms. The fourth-order valence-electron chi connectivity index (χ4n) is 5.48. The number of fused-ring (bicyclic) bond motifs is 1. The standard InChI is InChI=1S/C32H37N7O5/c1-22-18-30(43)39(17-5-14-34-27(40)6-3-2-4-16-38-28(41)11-12-29(38)42)36-31(22)23-7-9-26(10-8-23)35-32(44)37-20-24-13-15-33-19-25(24)21-37/h7-13,15,19,22H,2-6,14,16-18,20-21H2,1H3,(H,34,40)(H,35,44). The van der Waals surface area contributed by atoms with Crippen molar-refractivity contribution in [2.24, 2.45) is 11.0 Å². The van der Waals surface area contributed by atoms with Crippen molar-refractivity contribution in [3.05, 3.63) is 71.6 Å². The lowest BCUT2D eigenvalue weighted by atomic mass is 9.93. The van der Waals surface area contributed by atoms with E-state index in [0.29, 0.717) is 70.5 Å². The molecule has 1 atom stereocenters. The van der Waals surface area contributed by atoms with Gasteiger partial charge in [0.15, 0.2) is 0 Å². The number of carbonyl (C=O) groups excluding carboxylic acids is 5. The molecule has 3 aliphatic rings. The second-order valence-electron chi connectivity index (χ2n) is 11.3. The number of aromatic nitrogens is 1. The quantitative estimate of drug-likeness (QED) is 0.283. The van der Waals surface area contributed by atoms with Crippen LogP contribution in [0.3, 0.4) is 0 Å². The van der Waals surface area contributed by atoms with E-state index in [1.54, 1.807) is 17.3 Å². The van der Waals surface area contributed by atoms with Gasteiger partial charge in [-0.05, 0) is 54.2 Å². The second kappa shape index (κ2) is 14.1. The van der Waals surface area contributed by atoms with Crippen LogP contribution in [0.1, 0.15) is 62.1 Å². The topological polar surface area (TPSA) is 144 Å². The number of urea groups is 1. The summed E-state index contributed by atoms with van der Waals surface area (Å²) in [6, 6.07) is 9.24. The molecule has 3 aliphatic heterocycles. The van der Waals surface area contributed by atoms with E-state index < -0.39 is 0 Å². The molecule has 0 bridgehead atoms. The molecule has 0 radical (unpaired) electrons. The predicted molar refractivity (Wildman–Crippen MR) is 163 cm³/mol. The molecular formula is C32H37N7O5. The molecule has 4 heterocycles. The number of benzene rings is 1. The van der Waals surface area contributed by atoms with Gasteiger partial charge in [-0.25, -0.2) is 9.80 Å². The van der Waals surface area contributed by atoms with Crippen LogP contribution in [0, 0.1) is 5.92 Å². The highest BCUT2D eigenvalue weighted by atomic mass is 16.2. The Bertz CT molecular complexity index is 1440. The molecule has 0 saturated heterocycles. The smallest absolute Gasteiger partial charge is 0.322 e. The van der Waals surface area contributed by atoms with Crippen molar-refractivity contribution in [3.63, 3.8) is 0 Å². The maximum Gasteiger partial charge on any atom is 0.322 e. The first-order chi connectivity index (χ1) is 21.3. The number of amides is 6. The number of rotatable bonds is 12. The number of carbonyl (C=O) groups is 5. The average molecular weight is 600 g/mol. The summed E-state index contributed by atoms with van der Waals surface area (Å²) in [6.07, 6.45) is 9.41. The second-order valence-corrected chi connectivity index (χ2v) is 11.3. The van der Waals surface area contributed by atoms with Crippen molar-refractivity contribution in [1.29, 1.82) is 0 Å². The number of nitrogens with zero attached hydrogens (tertiary/aromatic N) is 5. The van der Waals surface area contributed by atoms with Gasteiger partial charge in [-0.3, -0.25) is 29.1 Å². The van der Waals surface area contributed by atoms with Crippen LogP contribution in [0.4, 0.5) is 10.5 Å². The van der Waals surface area contributed by atoms with Crippen molar-refractivity contribution in [2.75, 3.05) is 25.0 Å². The molecule has 1 unspecified atom stereocenters. The molecule has 230 valence electrons. The van der Waals surface area contributed by atoms with Crippen LogP contribution in [0.5, 0.6) is 0 Å². The van der Waals surface area contributed by atoms with Gasteiger partial charge < -0.3 is 15.5 Å². The maximum atomic E-state index is 12.8. The van der Waals surface area contributed by atoms with Crippen molar-refractivity contribution < 1.29 is 24.0 Å². The van der Waals surface area contributed by atoms with Crippen LogP contribution in [0.2, 0.25) is 0 Å². The van der Waals surface area contributed by atoms with E-state index in [9.17, 15) is 24.0 Å². The Hall–Kier alpha value is -4.87. The van der Waals surface area contributed by atoms with Gasteiger partial charge in [-0.1, -0.05) is 25.5 Å². The van der Waals surface area contributed by atoms with E-state index in [4.69, 9.17) is 0 Å². The number of nitrogens with one attached hydrogen (secondary N) is 2. The molecule has 0 saturated carbocycles. The van der Waals surface area contributed by atoms with Gasteiger partial charge >= 0.3 is 6.03 Å². The van der Waals surface area contributed by atoms with Crippen molar-refractivity contribution >= 4 is 41.1 Å². The molecule has 44 heavy (non-hydrogen) atoms. The summed E-state index contributed by atoms with van der Waals surface area (Å²) in [5.41, 5.74) is 4.53. The fraction of sp³-hybridized carbons (Fsp3) is 0.406. The van der Waals surface area contributed by atoms with E-state index in [1.165, 1.54) is 22.1 Å². The van der Waals surface area contributed by atoms with Crippen LogP contribution in [0.15, 0.2) is 60.0 Å². The van der Waals surface area contributed by atoms with Gasteiger partial charge in [0.25, 0.3) is 11.8 Å². The van der Waals surface area contributed by atoms with E-state index in [1.807, 2.05) is 37.3 Å². The van der Waals surface area contributed by atoms with Crippen LogP contribution in [-0.4, -0.2) is 74.8 Å². The van der Waals surface area contributed by atoms with Gasteiger partial charge in [0.1, 0.15) is 0 Å². The van der Waals surface area contributed by atoms with Crippen LogP contribution in [0.25, 0.3) is 0 Å². The first kappa shape index (κ1) is 30.6. The summed E-state index contributed by atoms with van der Waals surface area (Å²) in [6.45, 7) is 4.24. The summed E-state index contributed by atoms with van der Waals surface area (Å²) < 4.78 is 0. The Morgan fingerprint density at radius 1 is 0.909 bits per heavy atom. The highest BCUT2D eigenvalue weighted by Crippen LogP contribution is 2.24. The monoisotopic (exact) mass is 599 g/mol. The molecule has 1 aromatic heterocycles. The van der Waals surface area contributed by atoms with Gasteiger partial charge in [0, 0.05) is 81.7 Å². The van der Waals surface area contributed by atoms with Crippen molar-refractivity contribution in [1.82, 2.24) is 25.1 Å². The number of imide groups is 1. The van der Waals surface area contributed by atoms with Crippen LogP contribution < -0.4 is 10.6 Å². The first-order valence-electron chi connectivity index (χ1n) is 15.1. The minimum Gasteiger partial charge on any atom is -0.356 e. The van der Waals surface area contributed by atoms with Crippen LogP contribution >= 0.6 is 0 Å². The van der Waals surface area contributed by atoms with Crippen molar-refractivity contribution in [2.45, 2.75) is 58.5 Å². The molecule has 12 nitrogen and oxygen atoms in total. The molecular weight excluding hydrogens is 562 g/mol. The van der Waals surface area contributed by atoms with Gasteiger partial charge in [0.2, 0.25) is 11.8 Å². The Labute approximate surface area is 256 Å². The summed E-state index contributed by atoms with van der Waals surface area (Å²) >= 11 is 0. The van der Waals surface area contributed by atoms with Gasteiger partial charge in [-0.2, -0.15) is 5.10 Å². The normalized spacial score (nSPS) is 17.7. The zero-order chi connectivity index (χ0) is 31.1. The Morgan fingerprint density at radius 2 is 1.66 bits per heavy atom. The number of anilines is 1.